The van der Waals surface area contributed by atoms with Crippen LogP contribution in [0.5, 0.6) is 11.5 Å². The molecule has 4 aromatic rings. The molecule has 0 saturated heterocycles. The zero-order valence-corrected chi connectivity index (χ0v) is 17.2. The van der Waals surface area contributed by atoms with E-state index >= 15 is 0 Å². The molecule has 0 bridgehead atoms. The minimum absolute atomic E-state index is 0.0597. The van der Waals surface area contributed by atoms with Crippen molar-refractivity contribution in [3.05, 3.63) is 67.0 Å². The molecule has 0 aliphatic rings. The molecule has 0 aliphatic carbocycles. The van der Waals surface area contributed by atoms with Gasteiger partial charge in [-0.15, -0.1) is 0 Å². The summed E-state index contributed by atoms with van der Waals surface area (Å²) in [6.07, 6.45) is 1.51. The number of nitrogens with zero attached hydrogens (tertiary/aromatic N) is 2. The highest BCUT2D eigenvalue weighted by molar-refractivity contribution is 7.89. The van der Waals surface area contributed by atoms with Crippen molar-refractivity contribution in [3.63, 3.8) is 0 Å². The van der Waals surface area contributed by atoms with Gasteiger partial charge in [0.15, 0.2) is 11.5 Å². The Bertz CT molecular complexity index is 1350. The average molecular weight is 421 g/mol. The Kier molecular flexibility index (Phi) is 5.11. The number of hydrogen-bond donors (Lipinski definition) is 1. The fourth-order valence-corrected chi connectivity index (χ4v) is 3.86. The second-order valence-electron chi connectivity index (χ2n) is 6.60. The maximum atomic E-state index is 11.7. The standard InChI is InChI=1S/C22H19N3O4S/c1-28-20-9-7-16(12-21(20)29-2)22-18-11-15(6-8-19(18)24-13-25-22)14-4-3-5-17(10-14)30(23,26)27/h3-13H,1-2H3,(H2,23,26,27). The Morgan fingerprint density at radius 1 is 0.800 bits per heavy atom. The number of benzene rings is 3. The van der Waals surface area contributed by atoms with Crippen molar-refractivity contribution >= 4 is 20.9 Å². The lowest BCUT2D eigenvalue weighted by molar-refractivity contribution is 0.355. The lowest BCUT2D eigenvalue weighted by Gasteiger charge is -2.11. The quantitative estimate of drug-likeness (QED) is 0.528. The van der Waals surface area contributed by atoms with E-state index in [2.05, 4.69) is 9.97 Å². The molecule has 0 unspecified atom stereocenters. The summed E-state index contributed by atoms with van der Waals surface area (Å²) >= 11 is 0. The monoisotopic (exact) mass is 421 g/mol. The molecule has 0 atom stereocenters. The van der Waals surface area contributed by atoms with Gasteiger partial charge in [0.25, 0.3) is 0 Å². The van der Waals surface area contributed by atoms with Crippen molar-refractivity contribution in [2.75, 3.05) is 14.2 Å². The molecule has 0 spiro atoms. The van der Waals surface area contributed by atoms with E-state index in [1.54, 1.807) is 26.4 Å². The summed E-state index contributed by atoms with van der Waals surface area (Å²) in [6.45, 7) is 0. The molecule has 0 aliphatic heterocycles. The molecular formula is C22H19N3O4S. The fourth-order valence-electron chi connectivity index (χ4n) is 3.30. The summed E-state index contributed by atoms with van der Waals surface area (Å²) in [6, 6.07) is 17.8. The van der Waals surface area contributed by atoms with Crippen LogP contribution in [0.4, 0.5) is 0 Å². The maximum absolute atomic E-state index is 11.7. The van der Waals surface area contributed by atoms with Crippen LogP contribution in [0.25, 0.3) is 33.3 Å². The predicted octanol–water partition coefficient (Wildman–Crippen LogP) is 3.63. The molecule has 30 heavy (non-hydrogen) atoms. The largest absolute Gasteiger partial charge is 0.493 e. The Hall–Kier alpha value is -3.49. The summed E-state index contributed by atoms with van der Waals surface area (Å²) in [5.41, 5.74) is 3.89. The van der Waals surface area contributed by atoms with Crippen LogP contribution >= 0.6 is 0 Å². The van der Waals surface area contributed by atoms with Crippen molar-refractivity contribution < 1.29 is 17.9 Å². The average Bonchev–Trinajstić information content (AvgIpc) is 2.77. The maximum Gasteiger partial charge on any atom is 0.238 e. The van der Waals surface area contributed by atoms with Gasteiger partial charge in [-0.2, -0.15) is 0 Å². The first kappa shape index (κ1) is 19.8. The third kappa shape index (κ3) is 3.70. The Balaban J connectivity index is 1.89. The molecule has 7 nitrogen and oxygen atoms in total. The first-order valence-electron chi connectivity index (χ1n) is 9.01. The van der Waals surface area contributed by atoms with Crippen LogP contribution in [-0.4, -0.2) is 32.6 Å². The van der Waals surface area contributed by atoms with Gasteiger partial charge in [-0.1, -0.05) is 18.2 Å². The lowest BCUT2D eigenvalue weighted by Crippen LogP contribution is -2.11. The minimum Gasteiger partial charge on any atom is -0.493 e. The van der Waals surface area contributed by atoms with Gasteiger partial charge >= 0.3 is 0 Å². The van der Waals surface area contributed by atoms with Crippen LogP contribution in [0.3, 0.4) is 0 Å². The van der Waals surface area contributed by atoms with Crippen LogP contribution in [0.2, 0.25) is 0 Å². The number of nitrogens with two attached hydrogens (primary N) is 1. The first-order valence-corrected chi connectivity index (χ1v) is 10.6. The van der Waals surface area contributed by atoms with Crippen LogP contribution in [0, 0.1) is 0 Å². The highest BCUT2D eigenvalue weighted by Gasteiger charge is 2.13. The molecule has 1 heterocycles. The van der Waals surface area contributed by atoms with Gasteiger partial charge in [0.05, 0.1) is 30.3 Å². The normalized spacial score (nSPS) is 11.4. The number of ether oxygens (including phenoxy) is 2. The summed E-state index contributed by atoms with van der Waals surface area (Å²) in [7, 11) is -0.629. The van der Waals surface area contributed by atoms with E-state index in [0.29, 0.717) is 11.5 Å². The van der Waals surface area contributed by atoms with Crippen LogP contribution in [0.15, 0.2) is 71.9 Å². The number of primary sulfonamides is 1. The lowest BCUT2D eigenvalue weighted by atomic mass is 10.00. The topological polar surface area (TPSA) is 104 Å². The van der Waals surface area contributed by atoms with Crippen molar-refractivity contribution in [1.82, 2.24) is 9.97 Å². The van der Waals surface area contributed by atoms with Crippen molar-refractivity contribution in [1.29, 1.82) is 0 Å². The summed E-state index contributed by atoms with van der Waals surface area (Å²) in [4.78, 5) is 8.89. The van der Waals surface area contributed by atoms with Gasteiger partial charge < -0.3 is 9.47 Å². The number of aromatic nitrogens is 2. The van der Waals surface area contributed by atoms with Crippen LogP contribution in [0.1, 0.15) is 0 Å². The zero-order chi connectivity index (χ0) is 21.3. The SMILES string of the molecule is COc1ccc(-c2ncnc3ccc(-c4cccc(S(N)(=O)=O)c4)cc23)cc1OC. The van der Waals surface area contributed by atoms with Gasteiger partial charge in [0, 0.05) is 10.9 Å². The van der Waals surface area contributed by atoms with E-state index in [9.17, 15) is 8.42 Å². The van der Waals surface area contributed by atoms with E-state index in [-0.39, 0.29) is 4.90 Å². The second-order valence-corrected chi connectivity index (χ2v) is 8.16. The molecular weight excluding hydrogens is 402 g/mol. The minimum atomic E-state index is -3.79. The molecule has 4 rings (SSSR count). The van der Waals surface area contributed by atoms with E-state index in [1.165, 1.54) is 12.4 Å². The third-order valence-corrected chi connectivity index (χ3v) is 5.70. The van der Waals surface area contributed by atoms with Crippen molar-refractivity contribution in [3.8, 4) is 33.9 Å². The number of fused-ring (bicyclic) bond motifs is 1. The summed E-state index contributed by atoms with van der Waals surface area (Å²) in [5, 5.41) is 6.10. The third-order valence-electron chi connectivity index (χ3n) is 4.79. The van der Waals surface area contributed by atoms with E-state index in [4.69, 9.17) is 14.6 Å². The van der Waals surface area contributed by atoms with Gasteiger partial charge in [0.2, 0.25) is 10.0 Å². The molecule has 3 aromatic carbocycles. The van der Waals surface area contributed by atoms with Gasteiger partial charge in [0.1, 0.15) is 6.33 Å². The number of sulfonamides is 1. The Morgan fingerprint density at radius 2 is 1.53 bits per heavy atom. The molecule has 8 heteroatoms. The Morgan fingerprint density at radius 3 is 2.27 bits per heavy atom. The highest BCUT2D eigenvalue weighted by atomic mass is 32.2. The summed E-state index contributed by atoms with van der Waals surface area (Å²) in [5.74, 6) is 1.22. The number of hydrogen-bond acceptors (Lipinski definition) is 6. The predicted molar refractivity (Wildman–Crippen MR) is 115 cm³/mol. The smallest absolute Gasteiger partial charge is 0.238 e. The second kappa shape index (κ2) is 7.74. The number of methoxy groups -OCH3 is 2. The molecule has 152 valence electrons. The number of rotatable bonds is 5. The highest BCUT2D eigenvalue weighted by Crippen LogP contribution is 2.35. The molecule has 0 amide bonds. The molecule has 0 saturated carbocycles. The van der Waals surface area contributed by atoms with Gasteiger partial charge in [-0.25, -0.2) is 23.5 Å². The Labute approximate surface area is 174 Å². The van der Waals surface area contributed by atoms with E-state index in [1.807, 2.05) is 42.5 Å². The molecule has 2 N–H and O–H groups in total. The zero-order valence-electron chi connectivity index (χ0n) is 16.4. The van der Waals surface area contributed by atoms with Crippen molar-refractivity contribution in [2.45, 2.75) is 4.90 Å². The van der Waals surface area contributed by atoms with Crippen LogP contribution in [-0.2, 0) is 10.0 Å². The van der Waals surface area contributed by atoms with Gasteiger partial charge in [-0.05, 0) is 53.6 Å². The molecule has 0 radical (unpaired) electrons. The van der Waals surface area contributed by atoms with E-state index in [0.717, 1.165) is 33.3 Å². The fraction of sp³-hybridized carbons (Fsp3) is 0.0909. The van der Waals surface area contributed by atoms with Crippen molar-refractivity contribution in [2.24, 2.45) is 5.14 Å². The van der Waals surface area contributed by atoms with E-state index < -0.39 is 10.0 Å². The van der Waals surface area contributed by atoms with Gasteiger partial charge in [-0.3, -0.25) is 0 Å². The summed E-state index contributed by atoms with van der Waals surface area (Å²) < 4.78 is 34.2. The van der Waals surface area contributed by atoms with Crippen LogP contribution < -0.4 is 14.6 Å². The molecule has 1 aromatic heterocycles. The molecule has 0 fully saturated rings. The first-order chi connectivity index (χ1) is 14.4.